The Bertz CT molecular complexity index is 977. The summed E-state index contributed by atoms with van der Waals surface area (Å²) in [5.41, 5.74) is 3.64. The molecule has 2 heterocycles. The lowest BCUT2D eigenvalue weighted by Gasteiger charge is -2.37. The van der Waals surface area contributed by atoms with E-state index in [0.717, 1.165) is 61.6 Å². The molecule has 1 aromatic heterocycles. The van der Waals surface area contributed by atoms with E-state index in [2.05, 4.69) is 33.2 Å². The smallest absolute Gasteiger partial charge is 0.316 e. The summed E-state index contributed by atoms with van der Waals surface area (Å²) < 4.78 is 16.6. The van der Waals surface area contributed by atoms with E-state index in [0.29, 0.717) is 31.2 Å². The first-order chi connectivity index (χ1) is 17.6. The molecule has 1 aliphatic carbocycles. The molecule has 2 fully saturated rings. The lowest BCUT2D eigenvalue weighted by Crippen LogP contribution is -2.40. The Balaban J connectivity index is 1.63. The van der Waals surface area contributed by atoms with Gasteiger partial charge in [-0.2, -0.15) is 0 Å². The Morgan fingerprint density at radius 2 is 1.97 bits per heavy atom. The SMILES string of the molecule is CCCN(c1ccc([C@H](COC)CC(=O)O)cc1Nc1cnc(OCC2CC2)nc1)C1CCOCC1. The van der Waals surface area contributed by atoms with Gasteiger partial charge in [-0.25, -0.2) is 9.97 Å². The number of hydrogen-bond acceptors (Lipinski definition) is 8. The fraction of sp³-hybridized carbons (Fsp3) is 0.593. The number of carboxylic acid groups (broad SMARTS) is 1. The van der Waals surface area contributed by atoms with Crippen LogP contribution >= 0.6 is 0 Å². The van der Waals surface area contributed by atoms with Crippen molar-refractivity contribution < 1.29 is 24.1 Å². The molecular weight excluding hydrogens is 460 g/mol. The van der Waals surface area contributed by atoms with Gasteiger partial charge in [-0.15, -0.1) is 0 Å². The van der Waals surface area contributed by atoms with Crippen molar-refractivity contribution in [1.82, 2.24) is 9.97 Å². The van der Waals surface area contributed by atoms with Crippen LogP contribution in [0.4, 0.5) is 17.1 Å². The number of methoxy groups -OCH3 is 1. The average molecular weight is 499 g/mol. The zero-order chi connectivity index (χ0) is 25.3. The highest BCUT2D eigenvalue weighted by molar-refractivity contribution is 5.77. The fourth-order valence-electron chi connectivity index (χ4n) is 4.67. The molecule has 1 aromatic carbocycles. The van der Waals surface area contributed by atoms with Crippen molar-refractivity contribution in [2.24, 2.45) is 5.92 Å². The zero-order valence-electron chi connectivity index (χ0n) is 21.3. The molecule has 0 unspecified atom stereocenters. The van der Waals surface area contributed by atoms with Crippen molar-refractivity contribution >= 4 is 23.0 Å². The molecule has 9 heteroatoms. The van der Waals surface area contributed by atoms with Crippen molar-refractivity contribution in [2.45, 2.75) is 57.4 Å². The van der Waals surface area contributed by atoms with E-state index >= 15 is 0 Å². The normalized spacial score (nSPS) is 16.9. The molecule has 1 atom stereocenters. The van der Waals surface area contributed by atoms with Gasteiger partial charge in [0.1, 0.15) is 0 Å². The third-order valence-electron chi connectivity index (χ3n) is 6.74. The molecular formula is C27H38N4O5. The van der Waals surface area contributed by atoms with Crippen LogP contribution in [0.25, 0.3) is 0 Å². The van der Waals surface area contributed by atoms with Crippen LogP contribution in [0, 0.1) is 5.92 Å². The maximum Gasteiger partial charge on any atom is 0.316 e. The van der Waals surface area contributed by atoms with Crippen molar-refractivity contribution in [2.75, 3.05) is 50.3 Å². The minimum atomic E-state index is -0.847. The molecule has 2 aliphatic rings. The van der Waals surface area contributed by atoms with Crippen molar-refractivity contribution in [1.29, 1.82) is 0 Å². The largest absolute Gasteiger partial charge is 0.481 e. The van der Waals surface area contributed by atoms with Gasteiger partial charge in [-0.3, -0.25) is 4.79 Å². The summed E-state index contributed by atoms with van der Waals surface area (Å²) >= 11 is 0. The molecule has 0 bridgehead atoms. The molecule has 196 valence electrons. The van der Waals surface area contributed by atoms with Gasteiger partial charge < -0.3 is 29.5 Å². The number of hydrogen-bond donors (Lipinski definition) is 2. The summed E-state index contributed by atoms with van der Waals surface area (Å²) in [5, 5.41) is 13.0. The molecule has 2 aromatic rings. The monoisotopic (exact) mass is 498 g/mol. The number of rotatable bonds is 14. The molecule has 0 spiro atoms. The number of nitrogens with zero attached hydrogens (tertiary/aromatic N) is 3. The molecule has 9 nitrogen and oxygen atoms in total. The van der Waals surface area contributed by atoms with Crippen molar-refractivity contribution in [3.05, 3.63) is 36.2 Å². The lowest BCUT2D eigenvalue weighted by atomic mass is 9.94. The van der Waals surface area contributed by atoms with E-state index in [1.54, 1.807) is 19.5 Å². The Morgan fingerprint density at radius 1 is 1.22 bits per heavy atom. The second-order valence-corrected chi connectivity index (χ2v) is 9.70. The van der Waals surface area contributed by atoms with E-state index < -0.39 is 5.97 Å². The van der Waals surface area contributed by atoms with Gasteiger partial charge in [-0.05, 0) is 55.7 Å². The van der Waals surface area contributed by atoms with E-state index in [4.69, 9.17) is 14.2 Å². The topological polar surface area (TPSA) is 106 Å². The number of anilines is 3. The molecule has 0 amide bonds. The quantitative estimate of drug-likeness (QED) is 0.386. The van der Waals surface area contributed by atoms with Gasteiger partial charge in [0, 0.05) is 38.8 Å². The molecule has 1 saturated heterocycles. The third-order valence-corrected chi connectivity index (χ3v) is 6.74. The summed E-state index contributed by atoms with van der Waals surface area (Å²) in [6, 6.07) is 6.94. The highest BCUT2D eigenvalue weighted by Gasteiger charge is 2.25. The van der Waals surface area contributed by atoms with Gasteiger partial charge in [0.15, 0.2) is 0 Å². The maximum absolute atomic E-state index is 11.5. The number of ether oxygens (including phenoxy) is 3. The second-order valence-electron chi connectivity index (χ2n) is 9.70. The summed E-state index contributed by atoms with van der Waals surface area (Å²) in [7, 11) is 1.60. The number of aromatic nitrogens is 2. The standard InChI is InChI=1S/C27H38N4O5/c1-3-10-31(23-8-11-35-12-9-23)25-7-6-20(21(18-34-2)14-26(32)33)13-24(25)30-22-15-28-27(29-16-22)36-17-19-4-5-19/h6-7,13,15-16,19,21,23,30H,3-5,8-12,14,17-18H2,1-2H3,(H,32,33)/t21-/m0/s1. The number of carbonyl (C=O) groups is 1. The number of benzene rings is 1. The van der Waals surface area contributed by atoms with Crippen LogP contribution < -0.4 is 15.0 Å². The average Bonchev–Trinajstić information content (AvgIpc) is 3.72. The van der Waals surface area contributed by atoms with Gasteiger partial charge in [0.2, 0.25) is 0 Å². The van der Waals surface area contributed by atoms with Gasteiger partial charge in [0.25, 0.3) is 0 Å². The van der Waals surface area contributed by atoms with Gasteiger partial charge in [0.05, 0.1) is 49.1 Å². The molecule has 1 saturated carbocycles. The summed E-state index contributed by atoms with van der Waals surface area (Å²) in [6.45, 7) is 5.62. The Hall–Kier alpha value is -2.91. The fourth-order valence-corrected chi connectivity index (χ4v) is 4.67. The van der Waals surface area contributed by atoms with Crippen LogP contribution in [0.15, 0.2) is 30.6 Å². The predicted molar refractivity (Wildman–Crippen MR) is 138 cm³/mol. The Morgan fingerprint density at radius 3 is 2.61 bits per heavy atom. The van der Waals surface area contributed by atoms with Crippen LogP contribution in [0.3, 0.4) is 0 Å². The first kappa shape index (κ1) is 26.2. The lowest BCUT2D eigenvalue weighted by molar-refractivity contribution is -0.137. The van der Waals surface area contributed by atoms with Gasteiger partial charge in [-0.1, -0.05) is 13.0 Å². The van der Waals surface area contributed by atoms with Gasteiger partial charge >= 0.3 is 12.0 Å². The first-order valence-electron chi connectivity index (χ1n) is 13.0. The first-order valence-corrected chi connectivity index (χ1v) is 13.0. The van der Waals surface area contributed by atoms with Crippen molar-refractivity contribution in [3.8, 4) is 6.01 Å². The maximum atomic E-state index is 11.5. The summed E-state index contributed by atoms with van der Waals surface area (Å²) in [5.74, 6) is -0.461. The Kier molecular flexibility index (Phi) is 9.35. The van der Waals surface area contributed by atoms with Crippen LogP contribution in [-0.4, -0.2) is 67.2 Å². The minimum absolute atomic E-state index is 0.00139. The van der Waals surface area contributed by atoms with Crippen LogP contribution in [-0.2, 0) is 14.3 Å². The van der Waals surface area contributed by atoms with Crippen LogP contribution in [0.2, 0.25) is 0 Å². The second kappa shape index (κ2) is 12.9. The zero-order valence-corrected chi connectivity index (χ0v) is 21.3. The molecule has 2 N–H and O–H groups in total. The number of nitrogens with one attached hydrogen (secondary N) is 1. The van der Waals surface area contributed by atoms with Crippen LogP contribution in [0.5, 0.6) is 6.01 Å². The Labute approximate surface area is 213 Å². The van der Waals surface area contributed by atoms with E-state index in [9.17, 15) is 9.90 Å². The highest BCUT2D eigenvalue weighted by atomic mass is 16.5. The van der Waals surface area contributed by atoms with E-state index in [1.165, 1.54) is 12.8 Å². The number of aliphatic carboxylic acids is 1. The third kappa shape index (κ3) is 7.30. The molecule has 4 rings (SSSR count). The van der Waals surface area contributed by atoms with E-state index in [1.807, 2.05) is 12.1 Å². The highest BCUT2D eigenvalue weighted by Crippen LogP contribution is 2.36. The molecule has 36 heavy (non-hydrogen) atoms. The summed E-state index contributed by atoms with van der Waals surface area (Å²) in [4.78, 5) is 22.7. The van der Waals surface area contributed by atoms with Crippen molar-refractivity contribution in [3.63, 3.8) is 0 Å². The van der Waals surface area contributed by atoms with E-state index in [-0.39, 0.29) is 12.3 Å². The summed E-state index contributed by atoms with van der Waals surface area (Å²) in [6.07, 6.45) is 8.85. The van der Waals surface area contributed by atoms with Crippen LogP contribution in [0.1, 0.15) is 56.9 Å². The molecule has 0 radical (unpaired) electrons. The number of carboxylic acids is 1. The predicted octanol–water partition coefficient (Wildman–Crippen LogP) is 4.61. The molecule has 1 aliphatic heterocycles. The minimum Gasteiger partial charge on any atom is -0.481 e.